The maximum Gasteiger partial charge on any atom is 0.352 e. The number of β-lactam (4-membered cyclic amide) rings is 1. The van der Waals surface area contributed by atoms with Crippen molar-refractivity contribution in [1.82, 2.24) is 20.7 Å². The predicted octanol–water partition coefficient (Wildman–Crippen LogP) is 1.94. The van der Waals surface area contributed by atoms with Gasteiger partial charge in [-0.3, -0.25) is 24.1 Å². The maximum atomic E-state index is 13.4. The molecule has 0 bridgehead atoms. The smallest absolute Gasteiger partial charge is 0.352 e. The molecule has 5 N–H and O–H groups in total. The Morgan fingerprint density at radius 1 is 1.20 bits per heavy atom. The summed E-state index contributed by atoms with van der Waals surface area (Å²) in [5, 5.41) is 15.7. The molecule has 3 heterocycles. The Morgan fingerprint density at radius 3 is 2.70 bits per heavy atom. The minimum absolute atomic E-state index is 0.150. The molecule has 208 valence electrons. The van der Waals surface area contributed by atoms with Crippen LogP contribution in [-0.4, -0.2) is 62.5 Å². The molecule has 2 aromatic carbocycles. The monoisotopic (exact) mass is 583 g/mol. The highest BCUT2D eigenvalue weighted by Crippen LogP contribution is 2.40. The minimum atomic E-state index is -1.31. The number of hydrogen-bond acceptors (Lipinski definition) is 11. The van der Waals surface area contributed by atoms with Crippen molar-refractivity contribution in [1.29, 1.82) is 0 Å². The topological polar surface area (TPSA) is 173 Å². The molecule has 1 unspecified atom stereocenters. The summed E-state index contributed by atoms with van der Waals surface area (Å²) in [6, 6.07) is 11.6. The predicted molar refractivity (Wildman–Crippen MR) is 147 cm³/mol. The van der Waals surface area contributed by atoms with Crippen molar-refractivity contribution in [2.75, 3.05) is 18.1 Å². The van der Waals surface area contributed by atoms with Crippen LogP contribution in [0.1, 0.15) is 24.2 Å². The molecule has 1 aromatic heterocycles. The van der Waals surface area contributed by atoms with Gasteiger partial charge in [0.25, 0.3) is 5.91 Å². The molecule has 5 rings (SSSR count). The molecule has 40 heavy (non-hydrogen) atoms. The van der Waals surface area contributed by atoms with Gasteiger partial charge in [-0.25, -0.2) is 9.78 Å². The molecule has 0 radical (unpaired) electrons. The number of thioether (sulfide) groups is 1. The average Bonchev–Trinajstić information content (AvgIpc) is 3.37. The van der Waals surface area contributed by atoms with Gasteiger partial charge < -0.3 is 20.9 Å². The Bertz CT molecular complexity index is 1520. The van der Waals surface area contributed by atoms with E-state index in [2.05, 4.69) is 15.8 Å². The van der Waals surface area contributed by atoms with E-state index in [1.54, 1.807) is 5.38 Å². The summed E-state index contributed by atoms with van der Waals surface area (Å²) in [4.78, 5) is 60.6. The van der Waals surface area contributed by atoms with Gasteiger partial charge in [0, 0.05) is 23.6 Å². The second-order valence-corrected chi connectivity index (χ2v) is 11.0. The lowest BCUT2D eigenvalue weighted by molar-refractivity contribution is -0.151. The number of esters is 1. The van der Waals surface area contributed by atoms with Gasteiger partial charge in [0.05, 0.1) is 12.3 Å². The fraction of sp³-hybridized carbons (Fsp3) is 0.269. The Morgan fingerprint density at radius 2 is 1.98 bits per heavy atom. The number of nitrogen functional groups attached to an aromatic ring is 1. The molecule has 1 fully saturated rings. The van der Waals surface area contributed by atoms with E-state index >= 15 is 0 Å². The normalized spacial score (nSPS) is 19.1. The van der Waals surface area contributed by atoms with E-state index in [0.717, 1.165) is 32.6 Å². The van der Waals surface area contributed by atoms with Gasteiger partial charge >= 0.3 is 11.9 Å². The van der Waals surface area contributed by atoms with Crippen LogP contribution >= 0.6 is 23.1 Å². The second kappa shape index (κ2) is 11.6. The number of amides is 2. The number of hydrogen-bond donors (Lipinski definition) is 4. The Hall–Kier alpha value is -3.98. The van der Waals surface area contributed by atoms with Gasteiger partial charge in [0.2, 0.25) is 5.91 Å². The summed E-state index contributed by atoms with van der Waals surface area (Å²) >= 11 is 2.42. The van der Waals surface area contributed by atoms with Crippen molar-refractivity contribution in [2.45, 2.75) is 31.0 Å². The first-order valence-electron chi connectivity index (χ1n) is 12.1. The number of ether oxygens (including phenoxy) is 1. The summed E-state index contributed by atoms with van der Waals surface area (Å²) in [5.74, 6) is -2.84. The fourth-order valence-electron chi connectivity index (χ4n) is 4.52. The van der Waals surface area contributed by atoms with Crippen LogP contribution < -0.4 is 16.5 Å². The first-order valence-corrected chi connectivity index (χ1v) is 14.1. The number of rotatable bonds is 10. The molecule has 2 amide bonds. The van der Waals surface area contributed by atoms with E-state index in [0.29, 0.717) is 11.3 Å². The van der Waals surface area contributed by atoms with Crippen LogP contribution in [0.2, 0.25) is 0 Å². The largest absolute Gasteiger partial charge is 0.477 e. The highest BCUT2D eigenvalue weighted by molar-refractivity contribution is 8.00. The molecule has 14 heteroatoms. The number of nitrogens with two attached hydrogens (primary N) is 1. The summed E-state index contributed by atoms with van der Waals surface area (Å²) in [6.07, 6.45) is 0. The Kier molecular flexibility index (Phi) is 8.02. The van der Waals surface area contributed by atoms with E-state index in [9.17, 15) is 24.3 Å². The number of thiazole rings is 1. The van der Waals surface area contributed by atoms with Crippen molar-refractivity contribution >= 4 is 62.8 Å². The van der Waals surface area contributed by atoms with Crippen molar-refractivity contribution in [3.63, 3.8) is 0 Å². The molecule has 0 aliphatic carbocycles. The molecule has 12 nitrogen and oxygen atoms in total. The average molecular weight is 584 g/mol. The van der Waals surface area contributed by atoms with E-state index in [-0.39, 0.29) is 29.8 Å². The molecular formula is C26H25N5O7S2. The number of carboxylic acids is 1. The van der Waals surface area contributed by atoms with Crippen molar-refractivity contribution in [2.24, 2.45) is 0 Å². The van der Waals surface area contributed by atoms with E-state index in [1.807, 2.05) is 42.5 Å². The lowest BCUT2D eigenvalue weighted by Gasteiger charge is -2.49. The van der Waals surface area contributed by atoms with Crippen molar-refractivity contribution in [3.8, 4) is 0 Å². The molecule has 3 aromatic rings. The van der Waals surface area contributed by atoms with Gasteiger partial charge in [-0.1, -0.05) is 42.5 Å². The third-order valence-electron chi connectivity index (χ3n) is 6.40. The zero-order chi connectivity index (χ0) is 28.4. The first-order chi connectivity index (χ1) is 19.2. The van der Waals surface area contributed by atoms with Gasteiger partial charge in [-0.2, -0.15) is 5.48 Å². The highest BCUT2D eigenvalue weighted by Gasteiger charge is 2.54. The van der Waals surface area contributed by atoms with Crippen LogP contribution in [0.4, 0.5) is 5.13 Å². The molecule has 0 saturated carbocycles. The third kappa shape index (κ3) is 5.51. The van der Waals surface area contributed by atoms with Crippen LogP contribution in [0.3, 0.4) is 0 Å². The molecule has 2 aliphatic heterocycles. The summed E-state index contributed by atoms with van der Waals surface area (Å²) < 4.78 is 4.95. The number of carbonyl (C=O) groups excluding carboxylic acids is 3. The van der Waals surface area contributed by atoms with E-state index in [1.165, 1.54) is 18.7 Å². The lowest BCUT2D eigenvalue weighted by Crippen LogP contribution is -2.71. The number of carbonyl (C=O) groups is 4. The third-order valence-corrected chi connectivity index (χ3v) is 8.44. The maximum absolute atomic E-state index is 13.4. The standard InChI is InChI=1S/C26H25N5O7S2/c1-13(32)37-9-16-11-39-24-20(23(34)31(24)21(16)25(35)36)29-22(33)19(18-12-40-26(27)28-18)30-38-10-15-7-4-6-14-5-2-3-8-17(14)15/h2-8,12,19-20,24,30H,9-11H2,1H3,(H2,27,28)(H,29,33)(H,35,36)/t19?,20-,24+/m1/s1. The summed E-state index contributed by atoms with van der Waals surface area (Å²) in [7, 11) is 0. The Balaban J connectivity index is 1.29. The van der Waals surface area contributed by atoms with Gasteiger partial charge in [-0.15, -0.1) is 23.1 Å². The van der Waals surface area contributed by atoms with Crippen molar-refractivity contribution in [3.05, 3.63) is 70.4 Å². The number of benzene rings is 2. The summed E-state index contributed by atoms with van der Waals surface area (Å²) in [5.41, 5.74) is 9.84. The van der Waals surface area contributed by atoms with Crippen LogP contribution in [0.15, 0.2) is 59.1 Å². The number of nitrogens with zero attached hydrogens (tertiary/aromatic N) is 2. The van der Waals surface area contributed by atoms with Gasteiger partial charge in [0.1, 0.15) is 23.7 Å². The van der Waals surface area contributed by atoms with Crippen molar-refractivity contribution < 1.29 is 33.9 Å². The number of fused-ring (bicyclic) bond motifs is 2. The van der Waals surface area contributed by atoms with Gasteiger partial charge in [0.15, 0.2) is 11.2 Å². The van der Waals surface area contributed by atoms with Crippen LogP contribution in [0, 0.1) is 0 Å². The number of aromatic nitrogens is 1. The second-order valence-electron chi connectivity index (χ2n) is 9.02. The number of carboxylic acid groups (broad SMARTS) is 1. The van der Waals surface area contributed by atoms with E-state index < -0.39 is 41.2 Å². The molecular weight excluding hydrogens is 558 g/mol. The minimum Gasteiger partial charge on any atom is -0.477 e. The summed E-state index contributed by atoms with van der Waals surface area (Å²) in [6.45, 7) is 1.13. The number of aliphatic carboxylic acids is 1. The zero-order valence-electron chi connectivity index (χ0n) is 21.2. The van der Waals surface area contributed by atoms with Crippen LogP contribution in [-0.2, 0) is 35.4 Å². The first kappa shape index (κ1) is 27.6. The number of anilines is 1. The zero-order valence-corrected chi connectivity index (χ0v) is 22.8. The SMILES string of the molecule is CC(=O)OCC1=C(C(=O)O)N2C(=O)[C@@H](NC(=O)C(NOCc3cccc4ccccc34)c3csc(N)n3)[C@@H]2SC1. The molecule has 3 atom stereocenters. The highest BCUT2D eigenvalue weighted by atomic mass is 32.2. The fourth-order valence-corrected chi connectivity index (χ4v) is 6.44. The Labute approximate surface area is 236 Å². The van der Waals surface area contributed by atoms with Crippen LogP contribution in [0.25, 0.3) is 10.8 Å². The lowest BCUT2D eigenvalue weighted by atomic mass is 10.0. The quantitative estimate of drug-likeness (QED) is 0.156. The molecule has 2 aliphatic rings. The number of hydroxylamine groups is 1. The molecule has 0 spiro atoms. The molecule has 1 saturated heterocycles. The van der Waals surface area contributed by atoms with E-state index in [4.69, 9.17) is 15.3 Å². The number of nitrogens with one attached hydrogen (secondary N) is 2. The van der Waals surface area contributed by atoms with Crippen LogP contribution in [0.5, 0.6) is 0 Å². The van der Waals surface area contributed by atoms with Gasteiger partial charge in [-0.05, 0) is 16.3 Å².